The summed E-state index contributed by atoms with van der Waals surface area (Å²) in [6, 6.07) is 3.45. The minimum Gasteiger partial charge on any atom is -0.330 e. The van der Waals surface area contributed by atoms with Gasteiger partial charge in [0.1, 0.15) is 0 Å². The van der Waals surface area contributed by atoms with Gasteiger partial charge in [0.25, 0.3) is 0 Å². The van der Waals surface area contributed by atoms with Crippen molar-refractivity contribution in [3.63, 3.8) is 0 Å². The lowest BCUT2D eigenvalue weighted by atomic mass is 10.1. The fourth-order valence-electron chi connectivity index (χ4n) is 2.36. The van der Waals surface area contributed by atoms with Crippen molar-refractivity contribution in [2.75, 3.05) is 6.54 Å². The minimum absolute atomic E-state index is 0.202. The summed E-state index contributed by atoms with van der Waals surface area (Å²) in [5, 5.41) is 10.8. The third-order valence-corrected chi connectivity index (χ3v) is 4.52. The topological polar surface area (TPSA) is 69.2 Å². The van der Waals surface area contributed by atoms with Crippen LogP contribution in [0.15, 0.2) is 12.1 Å². The molecule has 1 aromatic heterocycles. The van der Waals surface area contributed by atoms with Gasteiger partial charge in [0, 0.05) is 16.9 Å². The van der Waals surface area contributed by atoms with Crippen molar-refractivity contribution in [2.24, 2.45) is 17.1 Å². The molecule has 0 unspecified atom stereocenters. The maximum absolute atomic E-state index is 10.6. The van der Waals surface area contributed by atoms with Crippen LogP contribution in [0.1, 0.15) is 24.6 Å². The Bertz CT molecular complexity index is 400. The standard InChI is InChI=1S/C10H14N2O2S/c1-10(2)6(5-11)9(10)7-3-4-8(15-7)12(13)14/h3-4,6,9H,5,11H2,1-2H3/t6-,9+/m0/s1. The molecule has 1 aliphatic rings. The minimum atomic E-state index is -0.332. The van der Waals surface area contributed by atoms with Crippen molar-refractivity contribution < 1.29 is 4.92 Å². The van der Waals surface area contributed by atoms with Crippen molar-refractivity contribution in [3.8, 4) is 0 Å². The van der Waals surface area contributed by atoms with Crippen molar-refractivity contribution >= 4 is 16.3 Å². The van der Waals surface area contributed by atoms with Crippen LogP contribution in [0.3, 0.4) is 0 Å². The maximum Gasteiger partial charge on any atom is 0.324 e. The van der Waals surface area contributed by atoms with E-state index in [9.17, 15) is 10.1 Å². The first kappa shape index (κ1) is 10.6. The molecular weight excluding hydrogens is 212 g/mol. The van der Waals surface area contributed by atoms with Crippen LogP contribution >= 0.6 is 11.3 Å². The normalized spacial score (nSPS) is 27.7. The summed E-state index contributed by atoms with van der Waals surface area (Å²) in [4.78, 5) is 11.3. The zero-order valence-electron chi connectivity index (χ0n) is 8.77. The van der Waals surface area contributed by atoms with Crippen LogP contribution in [-0.4, -0.2) is 11.5 Å². The van der Waals surface area contributed by atoms with E-state index in [1.165, 1.54) is 11.3 Å². The van der Waals surface area contributed by atoms with Gasteiger partial charge in [-0.05, 0) is 23.9 Å². The molecule has 1 saturated carbocycles. The molecule has 0 aliphatic heterocycles. The molecule has 0 aromatic carbocycles. The molecule has 0 radical (unpaired) electrons. The van der Waals surface area contributed by atoms with Crippen molar-refractivity contribution in [1.82, 2.24) is 0 Å². The first-order chi connectivity index (χ1) is 6.98. The lowest BCUT2D eigenvalue weighted by Crippen LogP contribution is -2.05. The average Bonchev–Trinajstić information content (AvgIpc) is 2.58. The van der Waals surface area contributed by atoms with E-state index in [1.807, 2.05) is 6.07 Å². The molecular formula is C10H14N2O2S. The summed E-state index contributed by atoms with van der Waals surface area (Å²) in [5.74, 6) is 0.872. The van der Waals surface area contributed by atoms with Crippen molar-refractivity contribution in [3.05, 3.63) is 27.1 Å². The first-order valence-electron chi connectivity index (χ1n) is 4.92. The SMILES string of the molecule is CC1(C)[C@@H](CN)[C@@H]1c1ccc([N+](=O)[O-])s1. The van der Waals surface area contributed by atoms with E-state index in [-0.39, 0.29) is 15.3 Å². The smallest absolute Gasteiger partial charge is 0.324 e. The number of nitrogens with two attached hydrogens (primary N) is 1. The summed E-state index contributed by atoms with van der Waals surface area (Å²) in [6.45, 7) is 4.99. The molecule has 0 saturated heterocycles. The molecule has 15 heavy (non-hydrogen) atoms. The lowest BCUT2D eigenvalue weighted by molar-refractivity contribution is -0.380. The quantitative estimate of drug-likeness (QED) is 0.635. The molecule has 1 fully saturated rings. The molecule has 0 spiro atoms. The third-order valence-electron chi connectivity index (χ3n) is 3.40. The van der Waals surface area contributed by atoms with Gasteiger partial charge < -0.3 is 5.73 Å². The van der Waals surface area contributed by atoms with E-state index < -0.39 is 0 Å². The molecule has 1 heterocycles. The maximum atomic E-state index is 10.6. The van der Waals surface area contributed by atoms with Gasteiger partial charge in [-0.25, -0.2) is 0 Å². The molecule has 2 N–H and O–H groups in total. The Labute approximate surface area is 92.2 Å². The Kier molecular flexibility index (Phi) is 2.31. The van der Waals surface area contributed by atoms with Gasteiger partial charge in [-0.15, -0.1) is 0 Å². The molecule has 2 rings (SSSR count). The summed E-state index contributed by atoms with van der Waals surface area (Å²) in [7, 11) is 0. The zero-order chi connectivity index (χ0) is 11.2. The predicted molar refractivity (Wildman–Crippen MR) is 60.0 cm³/mol. The van der Waals surface area contributed by atoms with Gasteiger partial charge in [0.2, 0.25) is 0 Å². The largest absolute Gasteiger partial charge is 0.330 e. The molecule has 2 atom stereocenters. The van der Waals surface area contributed by atoms with Crippen LogP contribution in [0.25, 0.3) is 0 Å². The molecule has 1 aromatic rings. The number of hydrogen-bond acceptors (Lipinski definition) is 4. The second kappa shape index (κ2) is 3.28. The molecule has 1 aliphatic carbocycles. The summed E-state index contributed by atoms with van der Waals surface area (Å²) < 4.78 is 0. The van der Waals surface area contributed by atoms with Gasteiger partial charge in [-0.1, -0.05) is 25.2 Å². The van der Waals surface area contributed by atoms with E-state index >= 15 is 0 Å². The Morgan fingerprint density at radius 3 is 2.67 bits per heavy atom. The van der Waals surface area contributed by atoms with E-state index in [0.29, 0.717) is 18.4 Å². The molecule has 5 heteroatoms. The Hall–Kier alpha value is -0.940. The van der Waals surface area contributed by atoms with Crippen LogP contribution < -0.4 is 5.73 Å². The highest BCUT2D eigenvalue weighted by Crippen LogP contribution is 2.65. The molecule has 0 bridgehead atoms. The third kappa shape index (κ3) is 1.55. The Balaban J connectivity index is 2.22. The van der Waals surface area contributed by atoms with Gasteiger partial charge in [-0.2, -0.15) is 0 Å². The number of rotatable bonds is 3. The Morgan fingerprint density at radius 2 is 2.27 bits per heavy atom. The van der Waals surface area contributed by atoms with E-state index in [1.54, 1.807) is 6.07 Å². The van der Waals surface area contributed by atoms with E-state index in [4.69, 9.17) is 5.73 Å². The highest BCUT2D eigenvalue weighted by atomic mass is 32.1. The highest BCUT2D eigenvalue weighted by molar-refractivity contribution is 7.15. The summed E-state index contributed by atoms with van der Waals surface area (Å²) in [5.41, 5.74) is 5.88. The Morgan fingerprint density at radius 1 is 1.60 bits per heavy atom. The molecule has 4 nitrogen and oxygen atoms in total. The number of thiophene rings is 1. The fourth-order valence-corrected chi connectivity index (χ4v) is 3.54. The van der Waals surface area contributed by atoms with Crippen LogP contribution in [0, 0.1) is 21.4 Å². The monoisotopic (exact) mass is 226 g/mol. The lowest BCUT2D eigenvalue weighted by Gasteiger charge is -1.98. The van der Waals surface area contributed by atoms with Crippen LogP contribution in [0.4, 0.5) is 5.00 Å². The highest BCUT2D eigenvalue weighted by Gasteiger charge is 2.58. The van der Waals surface area contributed by atoms with E-state index in [2.05, 4.69) is 13.8 Å². The fraction of sp³-hybridized carbons (Fsp3) is 0.600. The second-order valence-electron chi connectivity index (χ2n) is 4.57. The zero-order valence-corrected chi connectivity index (χ0v) is 9.58. The second-order valence-corrected chi connectivity index (χ2v) is 5.67. The molecule has 82 valence electrons. The summed E-state index contributed by atoms with van der Waals surface area (Å²) >= 11 is 1.28. The van der Waals surface area contributed by atoms with Crippen molar-refractivity contribution in [2.45, 2.75) is 19.8 Å². The van der Waals surface area contributed by atoms with Gasteiger partial charge in [-0.3, -0.25) is 10.1 Å². The van der Waals surface area contributed by atoms with Gasteiger partial charge in [0.05, 0.1) is 4.92 Å². The summed E-state index contributed by atoms with van der Waals surface area (Å²) in [6.07, 6.45) is 0. The van der Waals surface area contributed by atoms with Gasteiger partial charge in [0.15, 0.2) is 0 Å². The van der Waals surface area contributed by atoms with E-state index in [0.717, 1.165) is 4.88 Å². The van der Waals surface area contributed by atoms with Crippen molar-refractivity contribution in [1.29, 1.82) is 0 Å². The first-order valence-corrected chi connectivity index (χ1v) is 5.74. The molecule has 0 amide bonds. The van der Waals surface area contributed by atoms with Crippen LogP contribution in [0.5, 0.6) is 0 Å². The van der Waals surface area contributed by atoms with Crippen LogP contribution in [0.2, 0.25) is 0 Å². The predicted octanol–water partition coefficient (Wildman–Crippen LogP) is 2.35. The number of nitro groups is 1. The number of nitrogens with zero attached hydrogens (tertiary/aromatic N) is 1. The van der Waals surface area contributed by atoms with Crippen LogP contribution in [-0.2, 0) is 0 Å². The average molecular weight is 226 g/mol. The van der Waals surface area contributed by atoms with Gasteiger partial charge >= 0.3 is 5.00 Å². The number of hydrogen-bond donors (Lipinski definition) is 1.